The van der Waals surface area contributed by atoms with Crippen molar-refractivity contribution in [2.24, 2.45) is 0 Å². The lowest BCUT2D eigenvalue weighted by Gasteiger charge is -2.15. The van der Waals surface area contributed by atoms with E-state index in [-0.39, 0.29) is 16.9 Å². The van der Waals surface area contributed by atoms with Gasteiger partial charge in [-0.15, -0.1) is 0 Å². The van der Waals surface area contributed by atoms with Gasteiger partial charge in [0.05, 0.1) is 12.3 Å². The smallest absolute Gasteiger partial charge is 0.370 e. The van der Waals surface area contributed by atoms with E-state index in [2.05, 4.69) is 15.6 Å². The maximum atomic E-state index is 14.2. The molecule has 0 aliphatic rings. The quantitative estimate of drug-likeness (QED) is 0.236. The van der Waals surface area contributed by atoms with Crippen LogP contribution in [0.5, 0.6) is 0 Å². The van der Waals surface area contributed by atoms with E-state index in [1.165, 1.54) is 19.1 Å². The summed E-state index contributed by atoms with van der Waals surface area (Å²) in [6.07, 6.45) is -0.0600. The molecular formula is C22H25F5N4O3S. The van der Waals surface area contributed by atoms with E-state index < -0.39 is 51.2 Å². The van der Waals surface area contributed by atoms with Crippen molar-refractivity contribution >= 4 is 33.5 Å². The molecule has 1 atom stereocenters. The average Bonchev–Trinajstić information content (AvgIpc) is 2.74. The maximum Gasteiger partial charge on any atom is 0.433 e. The Kier molecular flexibility index (Phi) is 9.18. The number of sulfonamides is 1. The van der Waals surface area contributed by atoms with Gasteiger partial charge in [-0.3, -0.25) is 9.52 Å². The molecule has 7 nitrogen and oxygen atoms in total. The van der Waals surface area contributed by atoms with Crippen LogP contribution in [-0.4, -0.2) is 32.1 Å². The first kappa shape index (κ1) is 28.0. The van der Waals surface area contributed by atoms with Crippen LogP contribution in [0, 0.1) is 11.6 Å². The summed E-state index contributed by atoms with van der Waals surface area (Å²) in [5.41, 5.74) is -1.65. The third kappa shape index (κ3) is 8.50. The second-order valence-corrected chi connectivity index (χ2v) is 9.46. The number of amides is 1. The van der Waals surface area contributed by atoms with E-state index in [1.54, 1.807) is 4.72 Å². The van der Waals surface area contributed by atoms with Crippen LogP contribution in [0.3, 0.4) is 0 Å². The Labute approximate surface area is 199 Å². The summed E-state index contributed by atoms with van der Waals surface area (Å²) in [6, 6.07) is 2.84. The zero-order valence-corrected chi connectivity index (χ0v) is 19.9. The Morgan fingerprint density at radius 2 is 1.80 bits per heavy atom. The van der Waals surface area contributed by atoms with E-state index >= 15 is 0 Å². The normalized spacial score (nSPS) is 13.0. The number of unbranched alkanes of at least 4 members (excludes halogenated alkanes) is 1. The number of rotatable bonds is 10. The minimum atomic E-state index is -4.63. The fourth-order valence-corrected chi connectivity index (χ4v) is 3.49. The van der Waals surface area contributed by atoms with Gasteiger partial charge >= 0.3 is 6.18 Å². The minimum Gasteiger partial charge on any atom is -0.370 e. The highest BCUT2D eigenvalue weighted by Gasteiger charge is 2.33. The predicted octanol–water partition coefficient (Wildman–Crippen LogP) is 4.85. The van der Waals surface area contributed by atoms with E-state index in [9.17, 15) is 35.2 Å². The third-order valence-electron chi connectivity index (χ3n) is 4.66. The van der Waals surface area contributed by atoms with Crippen molar-refractivity contribution in [2.75, 3.05) is 22.8 Å². The van der Waals surface area contributed by atoms with Crippen LogP contribution in [0.2, 0.25) is 0 Å². The van der Waals surface area contributed by atoms with Crippen LogP contribution < -0.4 is 15.4 Å². The van der Waals surface area contributed by atoms with Gasteiger partial charge in [0, 0.05) is 18.2 Å². The number of hydrogen-bond donors (Lipinski definition) is 3. The highest BCUT2D eigenvalue weighted by molar-refractivity contribution is 7.92. The standard InChI is InChI=1S/C22H25F5N4O3S/c1-4-5-10-28-21-14(6-8-18(30-21)22(25,26)27)7-9-19(32)29-13(2)15-11-16(23)20(17(24)12-15)31-35(3,33)34/h6-9,11-13,31H,4-5,10H2,1-3H3,(H,28,30)(H,29,32)/b9-7+/t13-/m0/s1. The van der Waals surface area contributed by atoms with Gasteiger partial charge in [-0.1, -0.05) is 13.3 Å². The molecule has 0 unspecified atom stereocenters. The number of carbonyl (C=O) groups is 1. The lowest BCUT2D eigenvalue weighted by atomic mass is 10.1. The van der Waals surface area contributed by atoms with E-state index in [0.717, 1.165) is 37.0 Å². The predicted molar refractivity (Wildman–Crippen MR) is 123 cm³/mol. The average molecular weight is 521 g/mol. The zero-order chi connectivity index (χ0) is 26.4. The van der Waals surface area contributed by atoms with Crippen LogP contribution >= 0.6 is 0 Å². The van der Waals surface area contributed by atoms with Crippen molar-refractivity contribution in [3.05, 3.63) is 58.8 Å². The number of anilines is 2. The van der Waals surface area contributed by atoms with Gasteiger partial charge in [0.2, 0.25) is 15.9 Å². The summed E-state index contributed by atoms with van der Waals surface area (Å²) in [7, 11) is -3.91. The first-order chi connectivity index (χ1) is 16.2. The number of aromatic nitrogens is 1. The molecule has 1 aromatic heterocycles. The van der Waals surface area contributed by atoms with Gasteiger partial charge in [0.25, 0.3) is 0 Å². The van der Waals surface area contributed by atoms with Crippen molar-refractivity contribution in [3.63, 3.8) is 0 Å². The number of hydrogen-bond acceptors (Lipinski definition) is 5. The first-order valence-corrected chi connectivity index (χ1v) is 12.4. The van der Waals surface area contributed by atoms with Crippen LogP contribution in [0.1, 0.15) is 49.6 Å². The van der Waals surface area contributed by atoms with Crippen molar-refractivity contribution < 1.29 is 35.2 Å². The molecule has 192 valence electrons. The fourth-order valence-electron chi connectivity index (χ4n) is 2.92. The highest BCUT2D eigenvalue weighted by Crippen LogP contribution is 2.30. The molecule has 2 aromatic rings. The van der Waals surface area contributed by atoms with E-state index in [4.69, 9.17) is 0 Å². The first-order valence-electron chi connectivity index (χ1n) is 10.5. The summed E-state index contributed by atoms with van der Waals surface area (Å²) in [5.74, 6) is -3.05. The molecule has 0 aliphatic carbocycles. The topological polar surface area (TPSA) is 100 Å². The molecule has 0 saturated carbocycles. The van der Waals surface area contributed by atoms with Gasteiger partial charge in [-0.25, -0.2) is 22.2 Å². The van der Waals surface area contributed by atoms with Crippen LogP contribution in [0.25, 0.3) is 6.08 Å². The molecule has 13 heteroatoms. The molecule has 0 aliphatic heterocycles. The molecule has 2 rings (SSSR count). The maximum absolute atomic E-state index is 14.2. The number of pyridine rings is 1. The van der Waals surface area contributed by atoms with Crippen LogP contribution in [0.4, 0.5) is 33.5 Å². The highest BCUT2D eigenvalue weighted by atomic mass is 32.2. The summed E-state index contributed by atoms with van der Waals surface area (Å²) in [6.45, 7) is 3.75. The molecule has 0 saturated heterocycles. The molecule has 1 heterocycles. The zero-order valence-electron chi connectivity index (χ0n) is 19.1. The minimum absolute atomic E-state index is 0.0268. The Balaban J connectivity index is 2.18. The molecule has 0 bridgehead atoms. The van der Waals surface area contributed by atoms with Crippen molar-refractivity contribution in [1.29, 1.82) is 0 Å². The summed E-state index contributed by atoms with van der Waals surface area (Å²) < 4.78 is 91.7. The number of alkyl halides is 3. The number of nitrogens with zero attached hydrogens (tertiary/aromatic N) is 1. The van der Waals surface area contributed by atoms with E-state index in [1.807, 2.05) is 6.92 Å². The lowest BCUT2D eigenvalue weighted by molar-refractivity contribution is -0.141. The molecule has 0 spiro atoms. The molecule has 1 amide bonds. The van der Waals surface area contributed by atoms with Crippen molar-refractivity contribution in [2.45, 2.75) is 38.9 Å². The van der Waals surface area contributed by atoms with Gasteiger partial charge in [-0.2, -0.15) is 13.2 Å². The van der Waals surface area contributed by atoms with Gasteiger partial charge in [0.1, 0.15) is 17.2 Å². The second kappa shape index (κ2) is 11.5. The summed E-state index contributed by atoms with van der Waals surface area (Å²) >= 11 is 0. The molecular weight excluding hydrogens is 495 g/mol. The summed E-state index contributed by atoms with van der Waals surface area (Å²) in [4.78, 5) is 15.9. The molecule has 1 aromatic carbocycles. The number of nitrogens with one attached hydrogen (secondary N) is 3. The number of halogens is 5. The Bertz CT molecular complexity index is 1180. The van der Waals surface area contributed by atoms with E-state index in [0.29, 0.717) is 13.0 Å². The van der Waals surface area contributed by atoms with Crippen LogP contribution in [-0.2, 0) is 21.0 Å². The Morgan fingerprint density at radius 1 is 1.17 bits per heavy atom. The van der Waals surface area contributed by atoms with Gasteiger partial charge < -0.3 is 10.6 Å². The van der Waals surface area contributed by atoms with Crippen molar-refractivity contribution in [1.82, 2.24) is 10.3 Å². The fraction of sp³-hybridized carbons (Fsp3) is 0.364. The second-order valence-electron chi connectivity index (χ2n) is 7.71. The molecule has 35 heavy (non-hydrogen) atoms. The largest absolute Gasteiger partial charge is 0.433 e. The molecule has 3 N–H and O–H groups in total. The Morgan fingerprint density at radius 3 is 2.34 bits per heavy atom. The summed E-state index contributed by atoms with van der Waals surface area (Å²) in [5, 5.41) is 5.30. The number of benzene rings is 1. The van der Waals surface area contributed by atoms with Gasteiger partial charge in [-0.05, 0) is 49.2 Å². The monoisotopic (exact) mass is 520 g/mol. The molecule has 0 fully saturated rings. The molecule has 0 radical (unpaired) electrons. The third-order valence-corrected chi connectivity index (χ3v) is 5.24. The number of carbonyl (C=O) groups excluding carboxylic acids is 1. The lowest BCUT2D eigenvalue weighted by Crippen LogP contribution is -2.25. The Hall–Kier alpha value is -3.22. The van der Waals surface area contributed by atoms with Gasteiger partial charge in [0.15, 0.2) is 11.6 Å². The van der Waals surface area contributed by atoms with Crippen LogP contribution in [0.15, 0.2) is 30.3 Å². The van der Waals surface area contributed by atoms with Crippen molar-refractivity contribution in [3.8, 4) is 0 Å². The SMILES string of the molecule is CCCCNc1nc(C(F)(F)F)ccc1/C=C/C(=O)N[C@@H](C)c1cc(F)c(NS(C)(=O)=O)c(F)c1.